The Morgan fingerprint density at radius 1 is 1.38 bits per heavy atom. The first kappa shape index (κ1) is 11.4. The summed E-state index contributed by atoms with van der Waals surface area (Å²) in [5.41, 5.74) is 6.00. The molecular weight excluding hydrogens is 208 g/mol. The van der Waals surface area contributed by atoms with Gasteiger partial charge in [0, 0.05) is 25.0 Å². The predicted molar refractivity (Wildman–Crippen MR) is 57.7 cm³/mol. The van der Waals surface area contributed by atoms with E-state index in [1.165, 1.54) is 0 Å². The molecule has 2 fully saturated rings. The third-order valence-electron chi connectivity index (χ3n) is 3.69. The Morgan fingerprint density at radius 3 is 2.62 bits per heavy atom. The minimum atomic E-state index is -0.875. The molecule has 0 bridgehead atoms. The molecule has 5 heteroatoms. The molecule has 1 unspecified atom stereocenters. The zero-order valence-electron chi connectivity index (χ0n) is 9.26. The Morgan fingerprint density at radius 2 is 2.06 bits per heavy atom. The summed E-state index contributed by atoms with van der Waals surface area (Å²) in [7, 11) is 0. The summed E-state index contributed by atoms with van der Waals surface area (Å²) in [5.74, 6) is -1.46. The van der Waals surface area contributed by atoms with Gasteiger partial charge >= 0.3 is 5.97 Å². The third-order valence-corrected chi connectivity index (χ3v) is 3.69. The summed E-state index contributed by atoms with van der Waals surface area (Å²) in [5, 5.41) is 8.90. The molecule has 2 rings (SSSR count). The number of nitrogens with zero attached hydrogens (tertiary/aromatic N) is 1. The fourth-order valence-electron chi connectivity index (χ4n) is 2.74. The molecular formula is C11H18N2O3. The van der Waals surface area contributed by atoms with Crippen LogP contribution < -0.4 is 5.73 Å². The molecule has 0 aromatic heterocycles. The first-order valence-corrected chi connectivity index (χ1v) is 5.87. The van der Waals surface area contributed by atoms with Crippen LogP contribution in [0.2, 0.25) is 0 Å². The van der Waals surface area contributed by atoms with Crippen LogP contribution in [0.1, 0.15) is 32.1 Å². The van der Waals surface area contributed by atoms with Gasteiger partial charge in [-0.3, -0.25) is 9.59 Å². The Kier molecular flexibility index (Phi) is 3.14. The molecule has 1 saturated heterocycles. The molecule has 5 nitrogen and oxygen atoms in total. The number of carboxylic acid groups (broad SMARTS) is 1. The van der Waals surface area contributed by atoms with Gasteiger partial charge in [-0.2, -0.15) is 0 Å². The van der Waals surface area contributed by atoms with Crippen molar-refractivity contribution in [3.8, 4) is 0 Å². The molecule has 1 amide bonds. The van der Waals surface area contributed by atoms with Crippen molar-refractivity contribution < 1.29 is 14.7 Å². The number of amides is 1. The van der Waals surface area contributed by atoms with Crippen molar-refractivity contribution in [1.29, 1.82) is 0 Å². The van der Waals surface area contributed by atoms with Crippen molar-refractivity contribution in [2.24, 2.45) is 11.7 Å². The van der Waals surface area contributed by atoms with Gasteiger partial charge in [0.05, 0.1) is 5.92 Å². The van der Waals surface area contributed by atoms with E-state index in [0.29, 0.717) is 6.54 Å². The van der Waals surface area contributed by atoms with E-state index in [2.05, 4.69) is 0 Å². The van der Waals surface area contributed by atoms with Crippen LogP contribution in [0.5, 0.6) is 0 Å². The first-order valence-electron chi connectivity index (χ1n) is 5.87. The van der Waals surface area contributed by atoms with E-state index >= 15 is 0 Å². The Balaban J connectivity index is 2.04. The zero-order valence-corrected chi connectivity index (χ0v) is 9.26. The summed E-state index contributed by atoms with van der Waals surface area (Å²) in [6, 6.07) is 0.0795. The third kappa shape index (κ3) is 2.04. The summed E-state index contributed by atoms with van der Waals surface area (Å²) < 4.78 is 0. The lowest BCUT2D eigenvalue weighted by atomic mass is 9.90. The van der Waals surface area contributed by atoms with Gasteiger partial charge in [0.1, 0.15) is 0 Å². The minimum Gasteiger partial charge on any atom is -0.481 e. The molecule has 16 heavy (non-hydrogen) atoms. The van der Waals surface area contributed by atoms with Gasteiger partial charge in [0.15, 0.2) is 0 Å². The van der Waals surface area contributed by atoms with Gasteiger partial charge in [-0.05, 0) is 12.8 Å². The molecule has 1 saturated carbocycles. The van der Waals surface area contributed by atoms with E-state index in [1.807, 2.05) is 0 Å². The number of nitrogens with two attached hydrogens (primary N) is 1. The number of hydrogen-bond acceptors (Lipinski definition) is 3. The summed E-state index contributed by atoms with van der Waals surface area (Å²) in [4.78, 5) is 24.3. The largest absolute Gasteiger partial charge is 0.481 e. The number of likely N-dealkylation sites (tertiary alicyclic amines) is 1. The monoisotopic (exact) mass is 226 g/mol. The van der Waals surface area contributed by atoms with Crippen molar-refractivity contribution >= 4 is 11.9 Å². The second kappa shape index (κ2) is 4.41. The van der Waals surface area contributed by atoms with Crippen molar-refractivity contribution in [2.45, 2.75) is 44.2 Å². The Hall–Kier alpha value is -1.10. The SMILES string of the molecule is N[C@H]1CCCC[C@@H]1N1CC(C(=O)O)CC1=O. The molecule has 0 spiro atoms. The molecule has 0 aromatic rings. The molecule has 90 valence electrons. The molecule has 3 atom stereocenters. The average Bonchev–Trinajstić information content (AvgIpc) is 2.61. The van der Waals surface area contributed by atoms with Gasteiger partial charge in [-0.25, -0.2) is 0 Å². The molecule has 2 aliphatic rings. The van der Waals surface area contributed by atoms with Crippen LogP contribution in [-0.2, 0) is 9.59 Å². The quantitative estimate of drug-likeness (QED) is 0.704. The standard InChI is InChI=1S/C11H18N2O3/c12-8-3-1-2-4-9(8)13-6-7(11(15)16)5-10(13)14/h7-9H,1-6,12H2,(H,15,16)/t7?,8-,9-/m0/s1. The van der Waals surface area contributed by atoms with E-state index < -0.39 is 11.9 Å². The van der Waals surface area contributed by atoms with E-state index in [-0.39, 0.29) is 24.4 Å². The lowest BCUT2D eigenvalue weighted by molar-refractivity contribution is -0.141. The predicted octanol–water partition coefficient (Wildman–Crippen LogP) is 0.189. The van der Waals surface area contributed by atoms with Crippen LogP contribution in [0.15, 0.2) is 0 Å². The number of hydrogen-bond donors (Lipinski definition) is 2. The summed E-state index contributed by atoms with van der Waals surface area (Å²) in [6.45, 7) is 0.340. The van der Waals surface area contributed by atoms with E-state index in [0.717, 1.165) is 25.7 Å². The second-order valence-electron chi connectivity index (χ2n) is 4.80. The fourth-order valence-corrected chi connectivity index (χ4v) is 2.74. The lowest BCUT2D eigenvalue weighted by Crippen LogP contribution is -2.50. The zero-order chi connectivity index (χ0) is 11.7. The van der Waals surface area contributed by atoms with Crippen molar-refractivity contribution in [2.75, 3.05) is 6.54 Å². The van der Waals surface area contributed by atoms with Crippen LogP contribution in [-0.4, -0.2) is 40.5 Å². The highest BCUT2D eigenvalue weighted by atomic mass is 16.4. The van der Waals surface area contributed by atoms with E-state index in [9.17, 15) is 9.59 Å². The van der Waals surface area contributed by atoms with Gasteiger partial charge in [-0.1, -0.05) is 12.8 Å². The number of carboxylic acids is 1. The number of carbonyl (C=O) groups excluding carboxylic acids is 1. The van der Waals surface area contributed by atoms with Crippen molar-refractivity contribution in [1.82, 2.24) is 4.90 Å². The number of carbonyl (C=O) groups is 2. The van der Waals surface area contributed by atoms with Crippen LogP contribution in [0.3, 0.4) is 0 Å². The van der Waals surface area contributed by atoms with E-state index in [1.54, 1.807) is 4.90 Å². The number of aliphatic carboxylic acids is 1. The molecule has 1 heterocycles. The second-order valence-corrected chi connectivity index (χ2v) is 4.80. The summed E-state index contributed by atoms with van der Waals surface area (Å²) >= 11 is 0. The van der Waals surface area contributed by atoms with Gasteiger partial charge in [0.25, 0.3) is 0 Å². The maximum absolute atomic E-state index is 11.7. The van der Waals surface area contributed by atoms with Crippen molar-refractivity contribution in [3.63, 3.8) is 0 Å². The van der Waals surface area contributed by atoms with Crippen LogP contribution in [0, 0.1) is 5.92 Å². The average molecular weight is 226 g/mol. The van der Waals surface area contributed by atoms with Crippen molar-refractivity contribution in [3.05, 3.63) is 0 Å². The highest BCUT2D eigenvalue weighted by molar-refractivity contribution is 5.86. The minimum absolute atomic E-state index is 0.0187. The molecule has 1 aliphatic heterocycles. The van der Waals surface area contributed by atoms with E-state index in [4.69, 9.17) is 10.8 Å². The Bertz CT molecular complexity index is 306. The highest BCUT2D eigenvalue weighted by Crippen LogP contribution is 2.28. The molecule has 1 aliphatic carbocycles. The molecule has 0 radical (unpaired) electrons. The molecule has 0 aromatic carbocycles. The molecule has 3 N–H and O–H groups in total. The summed E-state index contributed by atoms with van der Waals surface area (Å²) in [6.07, 6.45) is 4.19. The maximum atomic E-state index is 11.7. The fraction of sp³-hybridized carbons (Fsp3) is 0.818. The van der Waals surface area contributed by atoms with Crippen LogP contribution in [0.4, 0.5) is 0 Å². The van der Waals surface area contributed by atoms with Gasteiger partial charge in [0.2, 0.25) is 5.91 Å². The smallest absolute Gasteiger partial charge is 0.308 e. The first-order chi connectivity index (χ1) is 7.59. The number of rotatable bonds is 2. The lowest BCUT2D eigenvalue weighted by Gasteiger charge is -2.36. The van der Waals surface area contributed by atoms with Crippen LogP contribution >= 0.6 is 0 Å². The normalized spacial score (nSPS) is 35.4. The highest BCUT2D eigenvalue weighted by Gasteiger charge is 2.40. The van der Waals surface area contributed by atoms with Gasteiger partial charge in [-0.15, -0.1) is 0 Å². The topological polar surface area (TPSA) is 83.6 Å². The maximum Gasteiger partial charge on any atom is 0.308 e. The van der Waals surface area contributed by atoms with Gasteiger partial charge < -0.3 is 15.7 Å². The van der Waals surface area contributed by atoms with Crippen LogP contribution in [0.25, 0.3) is 0 Å². The Labute approximate surface area is 94.6 Å².